The predicted octanol–water partition coefficient (Wildman–Crippen LogP) is 5.63. The molecule has 38 heavy (non-hydrogen) atoms. The Morgan fingerprint density at radius 2 is 1.53 bits per heavy atom. The molecular formula is C31H33NO6. The van der Waals surface area contributed by atoms with Crippen LogP contribution in [0.5, 0.6) is 17.2 Å². The van der Waals surface area contributed by atoms with Crippen molar-refractivity contribution in [3.8, 4) is 17.2 Å². The van der Waals surface area contributed by atoms with E-state index < -0.39 is 17.7 Å². The minimum atomic E-state index is -0.804. The molecule has 3 aromatic carbocycles. The molecule has 0 radical (unpaired) electrons. The fraction of sp³-hybridized carbons (Fsp3) is 0.290. The van der Waals surface area contributed by atoms with E-state index >= 15 is 0 Å². The Kier molecular flexibility index (Phi) is 7.49. The molecule has 3 aromatic rings. The normalized spacial score (nSPS) is 17.0. The fourth-order valence-electron chi connectivity index (χ4n) is 4.66. The summed E-state index contributed by atoms with van der Waals surface area (Å²) >= 11 is 0. The van der Waals surface area contributed by atoms with Crippen LogP contribution in [0, 0.1) is 0 Å². The Bertz CT molecular complexity index is 1380. The van der Waals surface area contributed by atoms with Crippen molar-refractivity contribution in [2.75, 3.05) is 21.3 Å². The number of likely N-dealkylation sites (tertiary alicyclic amines) is 1. The van der Waals surface area contributed by atoms with Gasteiger partial charge in [0, 0.05) is 12.6 Å². The van der Waals surface area contributed by atoms with Gasteiger partial charge in [0.05, 0.1) is 38.5 Å². The number of aliphatic hydroxyl groups is 1. The molecular weight excluding hydrogens is 482 g/mol. The number of carbonyl (C=O) groups excluding carboxylic acids is 2. The summed E-state index contributed by atoms with van der Waals surface area (Å²) in [4.78, 5) is 28.4. The first-order valence-corrected chi connectivity index (χ1v) is 12.3. The molecule has 1 N–H and O–H groups in total. The maximum Gasteiger partial charge on any atom is 0.295 e. The molecule has 1 fully saturated rings. The third-order valence-electron chi connectivity index (χ3n) is 6.78. The van der Waals surface area contributed by atoms with Crippen molar-refractivity contribution in [2.24, 2.45) is 0 Å². The molecule has 0 aromatic heterocycles. The largest absolute Gasteiger partial charge is 0.507 e. The van der Waals surface area contributed by atoms with Crippen molar-refractivity contribution in [3.05, 3.63) is 94.6 Å². The van der Waals surface area contributed by atoms with Crippen LogP contribution >= 0.6 is 0 Å². The number of methoxy groups -OCH3 is 3. The molecule has 1 saturated heterocycles. The molecule has 1 unspecified atom stereocenters. The van der Waals surface area contributed by atoms with E-state index in [4.69, 9.17) is 14.2 Å². The zero-order valence-electron chi connectivity index (χ0n) is 22.6. The number of ether oxygens (including phenoxy) is 3. The number of aliphatic hydroxyl groups excluding tert-OH is 1. The summed E-state index contributed by atoms with van der Waals surface area (Å²) in [5.74, 6) is -0.247. The molecule has 0 saturated carbocycles. The van der Waals surface area contributed by atoms with Gasteiger partial charge in [-0.25, -0.2) is 0 Å². The highest BCUT2D eigenvalue weighted by molar-refractivity contribution is 6.46. The standard InChI is InChI=1S/C31H33NO6/c1-31(2,3)21-12-10-20(11-13-21)27-26(28(33)24-15-14-23(37-5)17-25(24)38-6)29(34)30(35)32(27)18-19-8-7-9-22(16-19)36-4/h7-17,27,33H,18H2,1-6H3/b28-26-. The number of carbonyl (C=O) groups is 2. The third kappa shape index (κ3) is 5.09. The van der Waals surface area contributed by atoms with Crippen LogP contribution in [0.4, 0.5) is 0 Å². The summed E-state index contributed by atoms with van der Waals surface area (Å²) in [5, 5.41) is 11.5. The number of rotatable bonds is 7. The Hall–Kier alpha value is -4.26. The lowest BCUT2D eigenvalue weighted by Crippen LogP contribution is -2.29. The van der Waals surface area contributed by atoms with Crippen LogP contribution in [0.2, 0.25) is 0 Å². The Labute approximate surface area is 223 Å². The summed E-state index contributed by atoms with van der Waals surface area (Å²) < 4.78 is 16.1. The van der Waals surface area contributed by atoms with Gasteiger partial charge in [-0.1, -0.05) is 57.2 Å². The van der Waals surface area contributed by atoms with Crippen LogP contribution in [0.1, 0.15) is 49.1 Å². The van der Waals surface area contributed by atoms with Crippen molar-refractivity contribution in [2.45, 2.75) is 38.8 Å². The van der Waals surface area contributed by atoms with Crippen molar-refractivity contribution in [1.29, 1.82) is 0 Å². The van der Waals surface area contributed by atoms with Gasteiger partial charge >= 0.3 is 0 Å². The van der Waals surface area contributed by atoms with Crippen molar-refractivity contribution in [1.82, 2.24) is 4.90 Å². The first-order valence-electron chi connectivity index (χ1n) is 12.3. The van der Waals surface area contributed by atoms with Gasteiger partial charge in [-0.2, -0.15) is 0 Å². The van der Waals surface area contributed by atoms with Crippen molar-refractivity contribution < 1.29 is 28.9 Å². The van der Waals surface area contributed by atoms with Gasteiger partial charge in [0.2, 0.25) is 0 Å². The quantitative estimate of drug-likeness (QED) is 0.249. The third-order valence-corrected chi connectivity index (χ3v) is 6.78. The Morgan fingerprint density at radius 1 is 0.868 bits per heavy atom. The highest BCUT2D eigenvalue weighted by Gasteiger charge is 2.46. The first-order chi connectivity index (χ1) is 18.1. The molecule has 1 aliphatic rings. The van der Waals surface area contributed by atoms with Gasteiger partial charge in [0.25, 0.3) is 11.7 Å². The number of nitrogens with zero attached hydrogens (tertiary/aromatic N) is 1. The summed E-state index contributed by atoms with van der Waals surface area (Å²) in [6, 6.07) is 19.2. The molecule has 0 aliphatic carbocycles. The summed E-state index contributed by atoms with van der Waals surface area (Å²) in [7, 11) is 4.57. The van der Waals surface area contributed by atoms with Gasteiger partial charge in [-0.15, -0.1) is 0 Å². The van der Waals surface area contributed by atoms with Gasteiger partial charge in [0.1, 0.15) is 23.0 Å². The number of hydrogen-bond donors (Lipinski definition) is 1. The molecule has 7 nitrogen and oxygen atoms in total. The molecule has 1 aliphatic heterocycles. The van der Waals surface area contributed by atoms with Crippen molar-refractivity contribution >= 4 is 17.4 Å². The molecule has 198 valence electrons. The average molecular weight is 516 g/mol. The van der Waals surface area contributed by atoms with E-state index in [-0.39, 0.29) is 23.3 Å². The molecule has 4 rings (SSSR count). The summed E-state index contributed by atoms with van der Waals surface area (Å²) in [6.45, 7) is 6.51. The summed E-state index contributed by atoms with van der Waals surface area (Å²) in [6.07, 6.45) is 0. The number of benzene rings is 3. The second kappa shape index (κ2) is 10.6. The minimum Gasteiger partial charge on any atom is -0.507 e. The van der Waals surface area contributed by atoms with E-state index in [0.29, 0.717) is 28.4 Å². The van der Waals surface area contributed by atoms with Crippen LogP contribution in [-0.2, 0) is 21.5 Å². The average Bonchev–Trinajstić information content (AvgIpc) is 3.16. The molecule has 1 heterocycles. The lowest BCUT2D eigenvalue weighted by molar-refractivity contribution is -0.140. The maximum atomic E-state index is 13.5. The fourth-order valence-corrected chi connectivity index (χ4v) is 4.66. The van der Waals surface area contributed by atoms with E-state index in [9.17, 15) is 14.7 Å². The zero-order valence-corrected chi connectivity index (χ0v) is 22.6. The van der Waals surface area contributed by atoms with Crippen LogP contribution in [-0.4, -0.2) is 43.0 Å². The number of hydrogen-bond acceptors (Lipinski definition) is 6. The lowest BCUT2D eigenvalue weighted by atomic mass is 9.85. The molecule has 0 bridgehead atoms. The van der Waals surface area contributed by atoms with E-state index in [2.05, 4.69) is 20.8 Å². The Balaban J connectivity index is 1.88. The van der Waals surface area contributed by atoms with Gasteiger partial charge in [-0.3, -0.25) is 9.59 Å². The van der Waals surface area contributed by atoms with Gasteiger partial charge < -0.3 is 24.2 Å². The van der Waals surface area contributed by atoms with Crippen LogP contribution < -0.4 is 14.2 Å². The van der Waals surface area contributed by atoms with Gasteiger partial charge in [0.15, 0.2) is 0 Å². The highest BCUT2D eigenvalue weighted by Crippen LogP contribution is 2.42. The first kappa shape index (κ1) is 26.8. The van der Waals surface area contributed by atoms with Crippen LogP contribution in [0.3, 0.4) is 0 Å². The number of amides is 1. The summed E-state index contributed by atoms with van der Waals surface area (Å²) in [5.41, 5.74) is 2.85. The van der Waals surface area contributed by atoms with E-state index in [0.717, 1.165) is 11.1 Å². The molecule has 1 atom stereocenters. The molecule has 7 heteroatoms. The topological polar surface area (TPSA) is 85.3 Å². The monoisotopic (exact) mass is 515 g/mol. The molecule has 0 spiro atoms. The Morgan fingerprint density at radius 3 is 2.13 bits per heavy atom. The smallest absolute Gasteiger partial charge is 0.295 e. The van der Waals surface area contributed by atoms with E-state index in [1.54, 1.807) is 25.3 Å². The number of ketones is 1. The molecule has 1 amide bonds. The number of Topliss-reactive ketones (excluding diaryl/α,β-unsaturated/α-hetero) is 1. The predicted molar refractivity (Wildman–Crippen MR) is 146 cm³/mol. The lowest BCUT2D eigenvalue weighted by Gasteiger charge is -2.27. The van der Waals surface area contributed by atoms with E-state index in [1.807, 2.05) is 48.5 Å². The van der Waals surface area contributed by atoms with Crippen LogP contribution in [0.15, 0.2) is 72.3 Å². The second-order valence-electron chi connectivity index (χ2n) is 10.2. The SMILES string of the molecule is COc1cccc(CN2C(=O)C(=O)/C(=C(\O)c3ccc(OC)cc3OC)C2c2ccc(C(C)(C)C)cc2)c1. The maximum absolute atomic E-state index is 13.5. The van der Waals surface area contributed by atoms with Crippen molar-refractivity contribution in [3.63, 3.8) is 0 Å². The highest BCUT2D eigenvalue weighted by atomic mass is 16.5. The van der Waals surface area contributed by atoms with Gasteiger partial charge in [-0.05, 0) is 46.4 Å². The van der Waals surface area contributed by atoms with Crippen LogP contribution in [0.25, 0.3) is 5.76 Å². The van der Waals surface area contributed by atoms with E-state index in [1.165, 1.54) is 19.1 Å². The minimum absolute atomic E-state index is 0.00451. The zero-order chi connectivity index (χ0) is 27.6. The second-order valence-corrected chi connectivity index (χ2v) is 10.2.